The zero-order valence-electron chi connectivity index (χ0n) is 11.9. The molecule has 22 heavy (non-hydrogen) atoms. The Balaban J connectivity index is 1.65. The van der Waals surface area contributed by atoms with Gasteiger partial charge in [0.15, 0.2) is 0 Å². The Hall–Kier alpha value is -1.48. The van der Waals surface area contributed by atoms with Gasteiger partial charge in [0, 0.05) is 12.2 Å². The van der Waals surface area contributed by atoms with E-state index in [0.717, 1.165) is 16.3 Å². The minimum absolute atomic E-state index is 0.312. The van der Waals surface area contributed by atoms with E-state index in [-0.39, 0.29) is 0 Å². The van der Waals surface area contributed by atoms with Crippen LogP contribution in [0.15, 0.2) is 45.3 Å². The molecule has 3 heterocycles. The Morgan fingerprint density at radius 1 is 1.23 bits per heavy atom. The van der Waals surface area contributed by atoms with Crippen molar-refractivity contribution in [1.29, 1.82) is 0 Å². The molecule has 0 aliphatic rings. The summed E-state index contributed by atoms with van der Waals surface area (Å²) >= 11 is 2.85. The molecule has 3 aromatic heterocycles. The standard InChI is InChI=1S/C14H15N3O2S3/c1-11-10-12(13-4-2-8-20-13)16-17(11)7-6-15-22(18,19)14-5-3-9-21-14/h2-5,8-10,15H,6-7H2,1H3. The summed E-state index contributed by atoms with van der Waals surface area (Å²) < 4.78 is 28.8. The third-order valence-electron chi connectivity index (χ3n) is 3.13. The molecule has 8 heteroatoms. The average Bonchev–Trinajstić information content (AvgIpc) is 3.20. The van der Waals surface area contributed by atoms with Crippen LogP contribution in [0.25, 0.3) is 10.6 Å². The first-order valence-corrected chi connectivity index (χ1v) is 9.92. The highest BCUT2D eigenvalue weighted by Crippen LogP contribution is 2.23. The number of nitrogens with zero attached hydrogens (tertiary/aromatic N) is 2. The first-order valence-electron chi connectivity index (χ1n) is 6.68. The maximum absolute atomic E-state index is 12.0. The van der Waals surface area contributed by atoms with Crippen LogP contribution in [0.1, 0.15) is 5.69 Å². The van der Waals surface area contributed by atoms with Crippen LogP contribution in [0.4, 0.5) is 0 Å². The topological polar surface area (TPSA) is 64.0 Å². The molecule has 3 aromatic rings. The molecule has 0 atom stereocenters. The van der Waals surface area contributed by atoms with Gasteiger partial charge in [0.2, 0.25) is 10.0 Å². The highest BCUT2D eigenvalue weighted by Gasteiger charge is 2.14. The Morgan fingerprint density at radius 2 is 2.00 bits per heavy atom. The molecular formula is C14H15N3O2S3. The first-order chi connectivity index (χ1) is 10.6. The van der Waals surface area contributed by atoms with E-state index in [9.17, 15) is 8.42 Å². The number of thiophene rings is 2. The van der Waals surface area contributed by atoms with E-state index in [1.807, 2.05) is 35.2 Å². The highest BCUT2D eigenvalue weighted by molar-refractivity contribution is 7.91. The zero-order chi connectivity index (χ0) is 15.6. The van der Waals surface area contributed by atoms with Crippen molar-refractivity contribution in [2.45, 2.75) is 17.7 Å². The molecule has 0 saturated heterocycles. The zero-order valence-corrected chi connectivity index (χ0v) is 14.3. The minimum Gasteiger partial charge on any atom is -0.268 e. The number of sulfonamides is 1. The molecule has 0 spiro atoms. The second-order valence-corrected chi connectivity index (χ2v) is 8.59. The van der Waals surface area contributed by atoms with Crippen LogP contribution < -0.4 is 4.72 Å². The number of hydrogen-bond acceptors (Lipinski definition) is 5. The van der Waals surface area contributed by atoms with Crippen LogP contribution >= 0.6 is 22.7 Å². The van der Waals surface area contributed by atoms with E-state index in [1.54, 1.807) is 28.8 Å². The fourth-order valence-corrected chi connectivity index (χ4v) is 4.79. The summed E-state index contributed by atoms with van der Waals surface area (Å²) in [5.41, 5.74) is 1.94. The summed E-state index contributed by atoms with van der Waals surface area (Å²) in [5, 5.41) is 8.29. The van der Waals surface area contributed by atoms with Crippen molar-refractivity contribution in [2.24, 2.45) is 0 Å². The average molecular weight is 353 g/mol. The Morgan fingerprint density at radius 3 is 2.68 bits per heavy atom. The SMILES string of the molecule is Cc1cc(-c2cccs2)nn1CCNS(=O)(=O)c1cccs1. The Bertz CT molecular complexity index is 834. The number of aromatic nitrogens is 2. The van der Waals surface area contributed by atoms with Gasteiger partial charge in [-0.25, -0.2) is 13.1 Å². The van der Waals surface area contributed by atoms with Crippen LogP contribution in [0.5, 0.6) is 0 Å². The van der Waals surface area contributed by atoms with Gasteiger partial charge in [0.1, 0.15) is 9.90 Å². The summed E-state index contributed by atoms with van der Waals surface area (Å²) in [6.07, 6.45) is 0. The molecule has 3 rings (SSSR count). The van der Waals surface area contributed by atoms with Crippen molar-refractivity contribution in [3.63, 3.8) is 0 Å². The van der Waals surface area contributed by atoms with Crippen molar-refractivity contribution in [3.05, 3.63) is 46.8 Å². The summed E-state index contributed by atoms with van der Waals surface area (Å²) in [5.74, 6) is 0. The monoisotopic (exact) mass is 353 g/mol. The third kappa shape index (κ3) is 3.30. The third-order valence-corrected chi connectivity index (χ3v) is 6.88. The van der Waals surface area contributed by atoms with E-state index in [0.29, 0.717) is 17.3 Å². The number of nitrogens with one attached hydrogen (secondary N) is 1. The maximum Gasteiger partial charge on any atom is 0.250 e. The summed E-state index contributed by atoms with van der Waals surface area (Å²) in [4.78, 5) is 1.11. The Labute approximate surface area is 137 Å². The molecule has 0 radical (unpaired) electrons. The normalized spacial score (nSPS) is 11.9. The molecule has 5 nitrogen and oxygen atoms in total. The lowest BCUT2D eigenvalue weighted by Crippen LogP contribution is -2.27. The number of aryl methyl sites for hydroxylation is 1. The smallest absolute Gasteiger partial charge is 0.250 e. The largest absolute Gasteiger partial charge is 0.268 e. The molecular weight excluding hydrogens is 338 g/mol. The fraction of sp³-hybridized carbons (Fsp3) is 0.214. The van der Waals surface area contributed by atoms with Gasteiger partial charge in [-0.2, -0.15) is 5.10 Å². The van der Waals surface area contributed by atoms with Gasteiger partial charge in [-0.3, -0.25) is 4.68 Å². The van der Waals surface area contributed by atoms with Gasteiger partial charge in [-0.05, 0) is 35.9 Å². The van der Waals surface area contributed by atoms with Crippen molar-refractivity contribution in [1.82, 2.24) is 14.5 Å². The maximum atomic E-state index is 12.0. The van der Waals surface area contributed by atoms with Crippen LogP contribution in [0, 0.1) is 6.92 Å². The van der Waals surface area contributed by atoms with E-state index in [4.69, 9.17) is 0 Å². The van der Waals surface area contributed by atoms with Gasteiger partial charge in [0.05, 0.1) is 11.4 Å². The lowest BCUT2D eigenvalue weighted by Gasteiger charge is -2.06. The lowest BCUT2D eigenvalue weighted by atomic mass is 10.3. The second kappa shape index (κ2) is 6.33. The Kier molecular flexibility index (Phi) is 4.44. The first kappa shape index (κ1) is 15.4. The molecule has 0 bridgehead atoms. The fourth-order valence-electron chi connectivity index (χ4n) is 2.05. The van der Waals surface area contributed by atoms with E-state index < -0.39 is 10.0 Å². The molecule has 0 saturated carbocycles. The van der Waals surface area contributed by atoms with Crippen LogP contribution in [0.2, 0.25) is 0 Å². The molecule has 0 amide bonds. The van der Waals surface area contributed by atoms with Crippen LogP contribution in [-0.4, -0.2) is 24.7 Å². The van der Waals surface area contributed by atoms with Gasteiger partial charge < -0.3 is 0 Å². The quantitative estimate of drug-likeness (QED) is 0.741. The van der Waals surface area contributed by atoms with Crippen molar-refractivity contribution >= 4 is 32.7 Å². The molecule has 1 N–H and O–H groups in total. The molecule has 0 aromatic carbocycles. The summed E-state index contributed by atoms with van der Waals surface area (Å²) in [6.45, 7) is 2.78. The van der Waals surface area contributed by atoms with E-state index >= 15 is 0 Å². The van der Waals surface area contributed by atoms with Crippen LogP contribution in [-0.2, 0) is 16.6 Å². The van der Waals surface area contributed by atoms with Gasteiger partial charge in [-0.1, -0.05) is 12.1 Å². The second-order valence-electron chi connectivity index (χ2n) is 4.70. The summed E-state index contributed by atoms with van der Waals surface area (Å²) in [7, 11) is -3.41. The highest BCUT2D eigenvalue weighted by atomic mass is 32.2. The molecule has 116 valence electrons. The van der Waals surface area contributed by atoms with Crippen molar-refractivity contribution in [2.75, 3.05) is 6.54 Å². The minimum atomic E-state index is -3.41. The molecule has 0 aliphatic carbocycles. The number of rotatable bonds is 6. The predicted octanol–water partition coefficient (Wildman–Crippen LogP) is 2.96. The van der Waals surface area contributed by atoms with E-state index in [2.05, 4.69) is 9.82 Å². The van der Waals surface area contributed by atoms with E-state index in [1.165, 1.54) is 11.3 Å². The van der Waals surface area contributed by atoms with Gasteiger partial charge in [0.25, 0.3) is 0 Å². The van der Waals surface area contributed by atoms with Gasteiger partial charge >= 0.3 is 0 Å². The molecule has 0 unspecified atom stereocenters. The predicted molar refractivity (Wildman–Crippen MR) is 89.8 cm³/mol. The van der Waals surface area contributed by atoms with Crippen molar-refractivity contribution in [3.8, 4) is 10.6 Å². The molecule has 0 fully saturated rings. The lowest BCUT2D eigenvalue weighted by molar-refractivity contribution is 0.558. The van der Waals surface area contributed by atoms with Crippen molar-refractivity contribution < 1.29 is 8.42 Å². The van der Waals surface area contributed by atoms with Gasteiger partial charge in [-0.15, -0.1) is 22.7 Å². The molecule has 0 aliphatic heterocycles. The number of hydrogen-bond donors (Lipinski definition) is 1. The van der Waals surface area contributed by atoms with Crippen LogP contribution in [0.3, 0.4) is 0 Å². The summed E-state index contributed by atoms with van der Waals surface area (Å²) in [6, 6.07) is 9.35.